The van der Waals surface area contributed by atoms with Crippen LogP contribution in [0.15, 0.2) is 18.2 Å². The predicted octanol–water partition coefficient (Wildman–Crippen LogP) is 2.30. The van der Waals surface area contributed by atoms with Crippen LogP contribution in [-0.4, -0.2) is 14.2 Å². The van der Waals surface area contributed by atoms with Gasteiger partial charge in [-0.05, 0) is 37.1 Å². The van der Waals surface area contributed by atoms with Crippen molar-refractivity contribution in [2.75, 3.05) is 5.73 Å². The summed E-state index contributed by atoms with van der Waals surface area (Å²) in [5, 5.41) is 0. The maximum absolute atomic E-state index is 11.0. The molecule has 0 bridgehead atoms. The molecule has 0 amide bonds. The van der Waals surface area contributed by atoms with Crippen molar-refractivity contribution in [1.29, 1.82) is 0 Å². The number of nitrogens with two attached hydrogens (primary N) is 1. The van der Waals surface area contributed by atoms with E-state index in [0.717, 1.165) is 12.0 Å². The molecule has 1 aromatic rings. The highest BCUT2D eigenvalue weighted by Crippen LogP contribution is 2.21. The van der Waals surface area contributed by atoms with Crippen molar-refractivity contribution >= 4 is 16.8 Å². The van der Waals surface area contributed by atoms with Gasteiger partial charge in [0.1, 0.15) is 5.75 Å². The summed E-state index contributed by atoms with van der Waals surface area (Å²) in [4.78, 5) is 0. The average molecular weight is 243 g/mol. The molecule has 0 aliphatic rings. The van der Waals surface area contributed by atoms with Crippen LogP contribution in [0, 0.1) is 6.92 Å². The molecule has 3 N–H and O–H groups in total. The number of nitrogen functional groups attached to an aromatic ring is 1. The molecular weight excluding hydrogens is 226 g/mol. The lowest BCUT2D eigenvalue weighted by Crippen LogP contribution is -2.21. The van der Waals surface area contributed by atoms with Crippen molar-refractivity contribution < 1.29 is 13.5 Å². The number of anilines is 1. The molecule has 0 radical (unpaired) electrons. The summed E-state index contributed by atoms with van der Waals surface area (Å²) in [5.41, 5.74) is 6.58. The molecule has 0 saturated carbocycles. The van der Waals surface area contributed by atoms with E-state index in [1.165, 1.54) is 0 Å². The Hall–Kier alpha value is -1.07. The summed E-state index contributed by atoms with van der Waals surface area (Å²) < 4.78 is 25.5. The van der Waals surface area contributed by atoms with E-state index in [1.807, 2.05) is 13.8 Å². The van der Waals surface area contributed by atoms with Gasteiger partial charge in [-0.1, -0.05) is 13.3 Å². The smallest absolute Gasteiger partial charge is 0.198 e. The molecular formula is C11H17NO3S. The molecule has 0 aliphatic carbocycles. The molecule has 90 valence electrons. The first-order valence-corrected chi connectivity index (χ1v) is 6.34. The van der Waals surface area contributed by atoms with E-state index in [-0.39, 0.29) is 0 Å². The van der Waals surface area contributed by atoms with E-state index >= 15 is 0 Å². The fraction of sp³-hybridized carbons (Fsp3) is 0.455. The van der Waals surface area contributed by atoms with Crippen molar-refractivity contribution in [3.63, 3.8) is 0 Å². The van der Waals surface area contributed by atoms with Crippen molar-refractivity contribution in [3.8, 4) is 5.75 Å². The van der Waals surface area contributed by atoms with E-state index in [0.29, 0.717) is 17.9 Å². The van der Waals surface area contributed by atoms with Crippen molar-refractivity contribution in [3.05, 3.63) is 23.8 Å². The molecule has 1 aromatic carbocycles. The molecule has 0 aromatic heterocycles. The highest BCUT2D eigenvalue weighted by molar-refractivity contribution is 7.79. The van der Waals surface area contributed by atoms with Crippen molar-refractivity contribution in [1.82, 2.24) is 0 Å². The van der Waals surface area contributed by atoms with Crippen molar-refractivity contribution in [2.24, 2.45) is 0 Å². The van der Waals surface area contributed by atoms with Gasteiger partial charge in [0.2, 0.25) is 0 Å². The number of ether oxygens (including phenoxy) is 1. The third-order valence-corrected chi connectivity index (χ3v) is 3.04. The van der Waals surface area contributed by atoms with Gasteiger partial charge in [-0.3, -0.25) is 0 Å². The largest absolute Gasteiger partial charge is 0.475 e. The van der Waals surface area contributed by atoms with Gasteiger partial charge in [-0.25, -0.2) is 4.21 Å². The number of benzene rings is 1. The predicted molar refractivity (Wildman–Crippen MR) is 65.7 cm³/mol. The molecule has 0 fully saturated rings. The van der Waals surface area contributed by atoms with Crippen LogP contribution < -0.4 is 10.5 Å². The summed E-state index contributed by atoms with van der Waals surface area (Å²) in [5.74, 6) is 0.576. The summed E-state index contributed by atoms with van der Waals surface area (Å²) in [6, 6.07) is 5.21. The van der Waals surface area contributed by atoms with E-state index < -0.39 is 16.5 Å². The van der Waals surface area contributed by atoms with Gasteiger partial charge in [0.15, 0.2) is 16.5 Å². The number of hydrogen-bond donors (Lipinski definition) is 2. The van der Waals surface area contributed by atoms with Crippen LogP contribution in [0.25, 0.3) is 0 Å². The molecule has 0 heterocycles. The molecule has 2 atom stereocenters. The van der Waals surface area contributed by atoms with Crippen LogP contribution in [0.4, 0.5) is 5.69 Å². The topological polar surface area (TPSA) is 72.5 Å². The van der Waals surface area contributed by atoms with Crippen LogP contribution in [0.1, 0.15) is 25.3 Å². The van der Waals surface area contributed by atoms with E-state index in [9.17, 15) is 4.21 Å². The molecule has 2 unspecified atom stereocenters. The molecule has 16 heavy (non-hydrogen) atoms. The standard InChI is InChI=1S/C11H17NO3S/c1-3-4-11(16(13)14)15-9-5-6-10(12)8(2)7-9/h5-7,11H,3-4,12H2,1-2H3,(H,13,14). The Morgan fingerprint density at radius 3 is 2.75 bits per heavy atom. The number of hydrogen-bond acceptors (Lipinski definition) is 3. The normalized spacial score (nSPS) is 14.4. The fourth-order valence-electron chi connectivity index (χ4n) is 1.31. The van der Waals surface area contributed by atoms with E-state index in [2.05, 4.69) is 0 Å². The maximum Gasteiger partial charge on any atom is 0.198 e. The highest BCUT2D eigenvalue weighted by atomic mass is 32.2. The monoisotopic (exact) mass is 243 g/mol. The highest BCUT2D eigenvalue weighted by Gasteiger charge is 2.15. The minimum absolute atomic E-state index is 0.548. The Morgan fingerprint density at radius 2 is 2.25 bits per heavy atom. The van der Waals surface area contributed by atoms with Gasteiger partial charge in [0.05, 0.1) is 0 Å². The summed E-state index contributed by atoms with van der Waals surface area (Å²) >= 11 is -1.97. The molecule has 0 saturated heterocycles. The lowest BCUT2D eigenvalue weighted by atomic mass is 10.2. The fourth-order valence-corrected chi connectivity index (χ4v) is 1.94. The lowest BCUT2D eigenvalue weighted by Gasteiger charge is -2.15. The molecule has 5 heteroatoms. The summed E-state index contributed by atoms with van der Waals surface area (Å²) in [6.07, 6.45) is 1.34. The third kappa shape index (κ3) is 3.50. The number of aryl methyl sites for hydroxylation is 1. The summed E-state index contributed by atoms with van der Waals surface area (Å²) in [6.45, 7) is 3.81. The Kier molecular flexibility index (Phi) is 4.76. The number of rotatable bonds is 5. The van der Waals surface area contributed by atoms with Crippen LogP contribution in [0.3, 0.4) is 0 Å². The Balaban J connectivity index is 2.77. The van der Waals surface area contributed by atoms with Crippen LogP contribution in [0.5, 0.6) is 5.75 Å². The quantitative estimate of drug-likeness (QED) is 0.615. The van der Waals surface area contributed by atoms with Gasteiger partial charge in [0.25, 0.3) is 0 Å². The van der Waals surface area contributed by atoms with Crippen LogP contribution in [-0.2, 0) is 11.1 Å². The zero-order chi connectivity index (χ0) is 12.1. The lowest BCUT2D eigenvalue weighted by molar-refractivity contribution is 0.258. The first-order valence-electron chi connectivity index (χ1n) is 5.17. The van der Waals surface area contributed by atoms with Gasteiger partial charge >= 0.3 is 0 Å². The minimum Gasteiger partial charge on any atom is -0.475 e. The van der Waals surface area contributed by atoms with E-state index in [1.54, 1.807) is 18.2 Å². The van der Waals surface area contributed by atoms with Gasteiger partial charge in [-0.15, -0.1) is 0 Å². The molecule has 1 rings (SSSR count). The first-order chi connectivity index (χ1) is 7.54. The van der Waals surface area contributed by atoms with E-state index in [4.69, 9.17) is 15.0 Å². The molecule has 0 aliphatic heterocycles. The SMILES string of the molecule is CCCC(Oc1ccc(N)c(C)c1)S(=O)O. The Labute approximate surface area is 98.1 Å². The Morgan fingerprint density at radius 1 is 1.56 bits per heavy atom. The van der Waals surface area contributed by atoms with Gasteiger partial charge < -0.3 is 15.0 Å². The Bertz CT molecular complexity index is 381. The van der Waals surface area contributed by atoms with Gasteiger partial charge in [-0.2, -0.15) is 0 Å². The maximum atomic E-state index is 11.0. The van der Waals surface area contributed by atoms with Crippen molar-refractivity contribution in [2.45, 2.75) is 32.1 Å². The third-order valence-electron chi connectivity index (χ3n) is 2.26. The average Bonchev–Trinajstić information content (AvgIpc) is 2.22. The van der Waals surface area contributed by atoms with Gasteiger partial charge in [0, 0.05) is 5.69 Å². The molecule has 4 nitrogen and oxygen atoms in total. The second kappa shape index (κ2) is 5.86. The summed E-state index contributed by atoms with van der Waals surface area (Å²) in [7, 11) is 0. The zero-order valence-corrected chi connectivity index (χ0v) is 10.3. The van der Waals surface area contributed by atoms with Crippen LogP contribution >= 0.6 is 0 Å². The molecule has 0 spiro atoms. The second-order valence-corrected chi connectivity index (χ2v) is 4.71. The minimum atomic E-state index is -1.97. The zero-order valence-electron chi connectivity index (χ0n) is 9.47. The first kappa shape index (κ1) is 13.0. The second-order valence-electron chi connectivity index (χ2n) is 3.63. The van der Waals surface area contributed by atoms with Crippen LogP contribution in [0.2, 0.25) is 0 Å².